The Morgan fingerprint density at radius 1 is 1.27 bits per heavy atom. The summed E-state index contributed by atoms with van der Waals surface area (Å²) < 4.78 is 0. The maximum Gasteiger partial charge on any atom is 0.257 e. The third-order valence-corrected chi connectivity index (χ3v) is 4.86. The van der Waals surface area contributed by atoms with Crippen molar-refractivity contribution in [3.63, 3.8) is 0 Å². The summed E-state index contributed by atoms with van der Waals surface area (Å²) >= 11 is 1.38. The number of hydrogen-bond acceptors (Lipinski definition) is 4. The first-order valence-corrected chi connectivity index (χ1v) is 8.27. The average Bonchev–Trinajstić information content (AvgIpc) is 3.10. The topological polar surface area (TPSA) is 70.7 Å². The van der Waals surface area contributed by atoms with E-state index in [1.807, 2.05) is 25.1 Å². The molecule has 4 rings (SSSR count). The fourth-order valence-electron chi connectivity index (χ4n) is 3.06. The molecule has 112 valence electrons. The standard InChI is InChI=1S/C16H16N4OS/c1-9-19-20-16(22-9)18-15(21)10-6-7-14-12(8-10)11-4-2-3-5-13(11)17-14/h6-8,17H,2-5H2,1H3,(H,18,20,21). The Morgan fingerprint density at radius 3 is 2.95 bits per heavy atom. The first-order chi connectivity index (χ1) is 10.7. The van der Waals surface area contributed by atoms with Gasteiger partial charge in [-0.2, -0.15) is 0 Å². The molecule has 2 heterocycles. The second kappa shape index (κ2) is 5.21. The maximum absolute atomic E-state index is 12.4. The molecule has 0 saturated heterocycles. The SMILES string of the molecule is Cc1nnc(NC(=O)c2ccc3[nH]c4c(c3c2)CCCC4)s1. The molecule has 1 aromatic carbocycles. The predicted octanol–water partition coefficient (Wildman–Crippen LogP) is 3.46. The molecule has 2 N–H and O–H groups in total. The molecule has 0 spiro atoms. The van der Waals surface area contributed by atoms with E-state index in [4.69, 9.17) is 0 Å². The minimum Gasteiger partial charge on any atom is -0.358 e. The number of carbonyl (C=O) groups excluding carboxylic acids is 1. The van der Waals surface area contributed by atoms with Crippen LogP contribution in [0, 0.1) is 6.92 Å². The first kappa shape index (κ1) is 13.5. The Labute approximate surface area is 131 Å². The predicted molar refractivity (Wildman–Crippen MR) is 87.5 cm³/mol. The van der Waals surface area contributed by atoms with E-state index in [0.29, 0.717) is 10.7 Å². The molecule has 1 aliphatic rings. The lowest BCUT2D eigenvalue weighted by Crippen LogP contribution is -2.11. The molecule has 0 fully saturated rings. The molecule has 1 aliphatic carbocycles. The molecule has 3 aromatic rings. The van der Waals surface area contributed by atoms with Crippen LogP contribution in [0.1, 0.15) is 39.5 Å². The van der Waals surface area contributed by atoms with Gasteiger partial charge in [-0.05, 0) is 56.4 Å². The number of H-pyrrole nitrogens is 1. The van der Waals surface area contributed by atoms with Gasteiger partial charge >= 0.3 is 0 Å². The summed E-state index contributed by atoms with van der Waals surface area (Å²) in [7, 11) is 0. The normalized spacial score (nSPS) is 14.0. The average molecular weight is 312 g/mol. The van der Waals surface area contributed by atoms with Crippen molar-refractivity contribution in [2.75, 3.05) is 5.32 Å². The molecule has 0 aliphatic heterocycles. The van der Waals surface area contributed by atoms with Gasteiger partial charge in [0.25, 0.3) is 5.91 Å². The highest BCUT2D eigenvalue weighted by Gasteiger charge is 2.17. The van der Waals surface area contributed by atoms with Crippen LogP contribution >= 0.6 is 11.3 Å². The third-order valence-electron chi connectivity index (χ3n) is 4.11. The summed E-state index contributed by atoms with van der Waals surface area (Å²) in [5.41, 5.74) is 4.49. The number of nitrogens with one attached hydrogen (secondary N) is 2. The number of amides is 1. The molecule has 0 radical (unpaired) electrons. The number of fused-ring (bicyclic) bond motifs is 3. The van der Waals surface area contributed by atoms with E-state index >= 15 is 0 Å². The number of aryl methyl sites for hydroxylation is 3. The Hall–Kier alpha value is -2.21. The number of aromatic nitrogens is 3. The van der Waals surface area contributed by atoms with Gasteiger partial charge in [0.2, 0.25) is 5.13 Å². The fraction of sp³-hybridized carbons (Fsp3) is 0.312. The Bertz CT molecular complexity index is 864. The van der Waals surface area contributed by atoms with Crippen LogP contribution in [0.4, 0.5) is 5.13 Å². The number of nitrogens with zero attached hydrogens (tertiary/aromatic N) is 2. The number of anilines is 1. The molecule has 22 heavy (non-hydrogen) atoms. The van der Waals surface area contributed by atoms with Crippen molar-refractivity contribution in [2.45, 2.75) is 32.6 Å². The van der Waals surface area contributed by atoms with Crippen LogP contribution in [0.3, 0.4) is 0 Å². The van der Waals surface area contributed by atoms with Gasteiger partial charge in [0.15, 0.2) is 0 Å². The van der Waals surface area contributed by atoms with E-state index in [1.54, 1.807) is 0 Å². The van der Waals surface area contributed by atoms with Crippen molar-refractivity contribution >= 4 is 33.3 Å². The monoisotopic (exact) mass is 312 g/mol. The second-order valence-electron chi connectivity index (χ2n) is 5.63. The smallest absolute Gasteiger partial charge is 0.257 e. The van der Waals surface area contributed by atoms with Crippen molar-refractivity contribution in [3.8, 4) is 0 Å². The summed E-state index contributed by atoms with van der Waals surface area (Å²) in [5.74, 6) is -0.135. The van der Waals surface area contributed by atoms with Crippen LogP contribution < -0.4 is 5.32 Å². The summed E-state index contributed by atoms with van der Waals surface area (Å²) in [6.45, 7) is 1.87. The van der Waals surface area contributed by atoms with Crippen molar-refractivity contribution in [2.24, 2.45) is 0 Å². The summed E-state index contributed by atoms with van der Waals surface area (Å²) in [6, 6.07) is 5.83. The molecule has 0 saturated carbocycles. The van der Waals surface area contributed by atoms with Crippen molar-refractivity contribution in [1.29, 1.82) is 0 Å². The summed E-state index contributed by atoms with van der Waals surface area (Å²) in [6.07, 6.45) is 4.66. The minimum atomic E-state index is -0.135. The number of hydrogen-bond donors (Lipinski definition) is 2. The van der Waals surface area contributed by atoms with E-state index in [0.717, 1.165) is 23.4 Å². The number of aromatic amines is 1. The van der Waals surface area contributed by atoms with Gasteiger partial charge in [-0.25, -0.2) is 0 Å². The van der Waals surface area contributed by atoms with Gasteiger partial charge in [0.05, 0.1) is 0 Å². The zero-order chi connectivity index (χ0) is 15.1. The molecule has 6 heteroatoms. The van der Waals surface area contributed by atoms with Gasteiger partial charge in [-0.1, -0.05) is 11.3 Å². The molecule has 2 aromatic heterocycles. The van der Waals surface area contributed by atoms with Crippen LogP contribution in [0.5, 0.6) is 0 Å². The zero-order valence-electron chi connectivity index (χ0n) is 12.3. The van der Waals surface area contributed by atoms with Gasteiger partial charge in [0.1, 0.15) is 5.01 Å². The van der Waals surface area contributed by atoms with Crippen LogP contribution in [0.15, 0.2) is 18.2 Å². The zero-order valence-corrected chi connectivity index (χ0v) is 13.1. The lowest BCUT2D eigenvalue weighted by atomic mass is 9.95. The van der Waals surface area contributed by atoms with Gasteiger partial charge in [0, 0.05) is 22.2 Å². The maximum atomic E-state index is 12.4. The van der Waals surface area contributed by atoms with E-state index in [9.17, 15) is 4.79 Å². The highest BCUT2D eigenvalue weighted by molar-refractivity contribution is 7.15. The molecular weight excluding hydrogens is 296 g/mol. The molecule has 0 unspecified atom stereocenters. The molecule has 1 amide bonds. The van der Waals surface area contributed by atoms with Crippen LogP contribution in [0.2, 0.25) is 0 Å². The van der Waals surface area contributed by atoms with E-state index in [2.05, 4.69) is 20.5 Å². The number of rotatable bonds is 2. The van der Waals surface area contributed by atoms with Crippen LogP contribution in [-0.4, -0.2) is 21.1 Å². The summed E-state index contributed by atoms with van der Waals surface area (Å²) in [4.78, 5) is 15.9. The Kier molecular flexibility index (Phi) is 3.18. The molecule has 0 bridgehead atoms. The second-order valence-corrected chi connectivity index (χ2v) is 6.81. The molecule has 0 atom stereocenters. The minimum absolute atomic E-state index is 0.135. The lowest BCUT2D eigenvalue weighted by molar-refractivity contribution is 0.102. The highest BCUT2D eigenvalue weighted by atomic mass is 32.1. The highest BCUT2D eigenvalue weighted by Crippen LogP contribution is 2.30. The van der Waals surface area contributed by atoms with Gasteiger partial charge in [-0.3, -0.25) is 10.1 Å². The fourth-order valence-corrected chi connectivity index (χ4v) is 3.65. The Morgan fingerprint density at radius 2 is 2.14 bits per heavy atom. The Balaban J connectivity index is 1.68. The lowest BCUT2D eigenvalue weighted by Gasteiger charge is -2.10. The van der Waals surface area contributed by atoms with E-state index < -0.39 is 0 Å². The van der Waals surface area contributed by atoms with Gasteiger partial charge in [-0.15, -0.1) is 10.2 Å². The third kappa shape index (κ3) is 2.29. The first-order valence-electron chi connectivity index (χ1n) is 7.45. The van der Waals surface area contributed by atoms with Crippen LogP contribution in [-0.2, 0) is 12.8 Å². The van der Waals surface area contributed by atoms with Crippen molar-refractivity contribution < 1.29 is 4.79 Å². The molecule has 5 nitrogen and oxygen atoms in total. The van der Waals surface area contributed by atoms with Gasteiger partial charge < -0.3 is 4.98 Å². The number of carbonyl (C=O) groups is 1. The molecular formula is C16H16N4OS. The van der Waals surface area contributed by atoms with Crippen molar-refractivity contribution in [1.82, 2.24) is 15.2 Å². The van der Waals surface area contributed by atoms with E-state index in [-0.39, 0.29) is 5.91 Å². The number of benzene rings is 1. The quantitative estimate of drug-likeness (QED) is 0.761. The van der Waals surface area contributed by atoms with Crippen LogP contribution in [0.25, 0.3) is 10.9 Å². The van der Waals surface area contributed by atoms with E-state index in [1.165, 1.54) is 40.8 Å². The van der Waals surface area contributed by atoms with Crippen molar-refractivity contribution in [3.05, 3.63) is 40.0 Å². The largest absolute Gasteiger partial charge is 0.358 e. The summed E-state index contributed by atoms with van der Waals surface area (Å²) in [5, 5.41) is 13.2.